The highest BCUT2D eigenvalue weighted by Gasteiger charge is 2.22. The Labute approximate surface area is 142 Å². The molecule has 0 bridgehead atoms. The van der Waals surface area contributed by atoms with E-state index in [9.17, 15) is 15.0 Å². The molecule has 1 saturated carbocycles. The molecule has 0 heterocycles. The standard InChI is InChI=1S/C18H27NO5/c1-12(20)13-3-8-17(18(9-13)23-2)24-11-16(22)10-19-14-4-6-15(21)7-5-14/h3,8-9,14-16,19,21-22H,4-7,10-11H2,1-2H3/p+1/t14?,15?,16-/m1/s1. The highest BCUT2D eigenvalue weighted by atomic mass is 16.5. The first-order valence-electron chi connectivity index (χ1n) is 8.50. The lowest BCUT2D eigenvalue weighted by atomic mass is 9.93. The number of ketones is 1. The Morgan fingerprint density at radius 3 is 2.62 bits per heavy atom. The second-order valence-electron chi connectivity index (χ2n) is 6.43. The maximum absolute atomic E-state index is 11.4. The van der Waals surface area contributed by atoms with Crippen molar-refractivity contribution in [2.75, 3.05) is 20.3 Å². The van der Waals surface area contributed by atoms with Crippen molar-refractivity contribution in [3.05, 3.63) is 23.8 Å². The average molecular weight is 338 g/mol. The van der Waals surface area contributed by atoms with E-state index in [1.807, 2.05) is 0 Å². The molecular weight excluding hydrogens is 310 g/mol. The zero-order valence-electron chi connectivity index (χ0n) is 14.4. The minimum Gasteiger partial charge on any atom is -0.493 e. The predicted octanol–water partition coefficient (Wildman–Crippen LogP) is 0.504. The third-order valence-electron chi connectivity index (χ3n) is 4.48. The van der Waals surface area contributed by atoms with Crippen LogP contribution in [0.5, 0.6) is 11.5 Å². The Morgan fingerprint density at radius 2 is 2.00 bits per heavy atom. The van der Waals surface area contributed by atoms with E-state index in [2.05, 4.69) is 5.32 Å². The lowest BCUT2D eigenvalue weighted by molar-refractivity contribution is -0.697. The van der Waals surface area contributed by atoms with Crippen LogP contribution in [0.1, 0.15) is 43.0 Å². The van der Waals surface area contributed by atoms with Gasteiger partial charge in [-0.3, -0.25) is 4.79 Å². The molecule has 24 heavy (non-hydrogen) atoms. The monoisotopic (exact) mass is 338 g/mol. The van der Waals surface area contributed by atoms with Gasteiger partial charge in [-0.2, -0.15) is 0 Å². The highest BCUT2D eigenvalue weighted by molar-refractivity contribution is 5.94. The van der Waals surface area contributed by atoms with E-state index < -0.39 is 6.10 Å². The van der Waals surface area contributed by atoms with Crippen LogP contribution in [0.4, 0.5) is 0 Å². The lowest BCUT2D eigenvalue weighted by Crippen LogP contribution is -2.92. The number of Topliss-reactive ketones (excluding diaryl/α,β-unsaturated/α-hetero) is 1. The van der Waals surface area contributed by atoms with Crippen molar-refractivity contribution in [3.8, 4) is 11.5 Å². The number of rotatable bonds is 8. The van der Waals surface area contributed by atoms with Crippen molar-refractivity contribution in [3.63, 3.8) is 0 Å². The highest BCUT2D eigenvalue weighted by Crippen LogP contribution is 2.28. The van der Waals surface area contributed by atoms with Gasteiger partial charge < -0.3 is 25.0 Å². The van der Waals surface area contributed by atoms with Crippen LogP contribution in [0.2, 0.25) is 0 Å². The summed E-state index contributed by atoms with van der Waals surface area (Å²) < 4.78 is 10.9. The van der Waals surface area contributed by atoms with Crippen LogP contribution >= 0.6 is 0 Å². The first-order chi connectivity index (χ1) is 11.5. The van der Waals surface area contributed by atoms with Gasteiger partial charge in [0.2, 0.25) is 0 Å². The fraction of sp³-hybridized carbons (Fsp3) is 0.611. The summed E-state index contributed by atoms with van der Waals surface area (Å²) in [7, 11) is 1.52. The number of aliphatic hydroxyl groups is 2. The molecule has 1 aromatic carbocycles. The van der Waals surface area contributed by atoms with E-state index in [0.717, 1.165) is 25.7 Å². The van der Waals surface area contributed by atoms with Crippen LogP contribution in [-0.2, 0) is 0 Å². The number of quaternary nitrogens is 1. The molecule has 2 rings (SSSR count). The Balaban J connectivity index is 1.78. The first-order valence-corrected chi connectivity index (χ1v) is 8.50. The van der Waals surface area contributed by atoms with Gasteiger partial charge in [0.25, 0.3) is 0 Å². The molecular formula is C18H28NO5+. The molecule has 0 aromatic heterocycles. The molecule has 1 fully saturated rings. The quantitative estimate of drug-likeness (QED) is 0.601. The van der Waals surface area contributed by atoms with E-state index in [-0.39, 0.29) is 18.5 Å². The molecule has 1 aromatic rings. The molecule has 134 valence electrons. The molecule has 6 nitrogen and oxygen atoms in total. The second kappa shape index (κ2) is 9.01. The van der Waals surface area contributed by atoms with Crippen LogP contribution in [0.15, 0.2) is 18.2 Å². The first kappa shape index (κ1) is 18.7. The van der Waals surface area contributed by atoms with Gasteiger partial charge in [0, 0.05) is 18.4 Å². The van der Waals surface area contributed by atoms with Crippen molar-refractivity contribution in [1.29, 1.82) is 0 Å². The van der Waals surface area contributed by atoms with Crippen molar-refractivity contribution in [1.82, 2.24) is 0 Å². The van der Waals surface area contributed by atoms with E-state index in [0.29, 0.717) is 29.6 Å². The summed E-state index contributed by atoms with van der Waals surface area (Å²) >= 11 is 0. The van der Waals surface area contributed by atoms with Crippen molar-refractivity contribution < 1.29 is 29.8 Å². The number of aliphatic hydroxyl groups excluding tert-OH is 2. The van der Waals surface area contributed by atoms with E-state index in [1.165, 1.54) is 14.0 Å². The van der Waals surface area contributed by atoms with Crippen LogP contribution in [-0.4, -0.2) is 54.5 Å². The van der Waals surface area contributed by atoms with Crippen LogP contribution in [0.25, 0.3) is 0 Å². The molecule has 1 aliphatic carbocycles. The largest absolute Gasteiger partial charge is 0.493 e. The van der Waals surface area contributed by atoms with E-state index >= 15 is 0 Å². The Bertz CT molecular complexity index is 540. The minimum absolute atomic E-state index is 0.0351. The third-order valence-corrected chi connectivity index (χ3v) is 4.48. The van der Waals surface area contributed by atoms with Crippen LogP contribution < -0.4 is 14.8 Å². The zero-order valence-corrected chi connectivity index (χ0v) is 14.4. The van der Waals surface area contributed by atoms with Gasteiger partial charge in [0.15, 0.2) is 17.3 Å². The van der Waals surface area contributed by atoms with E-state index in [4.69, 9.17) is 9.47 Å². The molecule has 0 aliphatic heterocycles. The molecule has 6 heteroatoms. The maximum Gasteiger partial charge on any atom is 0.161 e. The normalized spacial score (nSPS) is 22.0. The summed E-state index contributed by atoms with van der Waals surface area (Å²) in [5, 5.41) is 21.7. The number of nitrogens with two attached hydrogens (primary N) is 1. The van der Waals surface area contributed by atoms with Gasteiger partial charge in [-0.15, -0.1) is 0 Å². The summed E-state index contributed by atoms with van der Waals surface area (Å²) in [4.78, 5) is 11.4. The number of ether oxygens (including phenoxy) is 2. The van der Waals surface area contributed by atoms with Crippen LogP contribution in [0.3, 0.4) is 0 Å². The van der Waals surface area contributed by atoms with Crippen molar-refractivity contribution in [2.45, 2.75) is 50.9 Å². The minimum atomic E-state index is -0.589. The SMILES string of the molecule is COc1cc(C(C)=O)ccc1OC[C@H](O)C[NH2+]C1CCC(O)CC1. The molecule has 4 N–H and O–H groups in total. The van der Waals surface area contributed by atoms with Gasteiger partial charge in [0.05, 0.1) is 19.3 Å². The van der Waals surface area contributed by atoms with Crippen LogP contribution in [0, 0.1) is 0 Å². The Hall–Kier alpha value is -1.63. The predicted molar refractivity (Wildman–Crippen MR) is 89.6 cm³/mol. The van der Waals surface area contributed by atoms with E-state index in [1.54, 1.807) is 18.2 Å². The van der Waals surface area contributed by atoms with Gasteiger partial charge >= 0.3 is 0 Å². The van der Waals surface area contributed by atoms with Crippen molar-refractivity contribution in [2.24, 2.45) is 0 Å². The molecule has 0 saturated heterocycles. The van der Waals surface area contributed by atoms with Gasteiger partial charge in [-0.05, 0) is 38.0 Å². The number of hydrogen-bond donors (Lipinski definition) is 3. The number of hydrogen-bond acceptors (Lipinski definition) is 5. The molecule has 1 atom stereocenters. The molecule has 0 amide bonds. The average Bonchev–Trinajstić information content (AvgIpc) is 2.59. The molecule has 1 aliphatic rings. The smallest absolute Gasteiger partial charge is 0.161 e. The second-order valence-corrected chi connectivity index (χ2v) is 6.43. The molecule has 0 radical (unpaired) electrons. The summed E-state index contributed by atoms with van der Waals surface area (Å²) in [6, 6.07) is 5.48. The Kier molecular flexibility index (Phi) is 7.02. The summed E-state index contributed by atoms with van der Waals surface area (Å²) in [5.41, 5.74) is 0.563. The fourth-order valence-electron chi connectivity index (χ4n) is 2.95. The number of benzene rings is 1. The zero-order chi connectivity index (χ0) is 17.5. The molecule has 0 spiro atoms. The fourth-order valence-corrected chi connectivity index (χ4v) is 2.95. The topological polar surface area (TPSA) is 92.6 Å². The van der Waals surface area contributed by atoms with Gasteiger partial charge in [-0.1, -0.05) is 0 Å². The third kappa shape index (κ3) is 5.47. The molecule has 0 unspecified atom stereocenters. The summed E-state index contributed by atoms with van der Waals surface area (Å²) in [6.07, 6.45) is 2.90. The summed E-state index contributed by atoms with van der Waals surface area (Å²) in [6.45, 7) is 2.23. The maximum atomic E-state index is 11.4. The summed E-state index contributed by atoms with van der Waals surface area (Å²) in [5.74, 6) is 0.967. The van der Waals surface area contributed by atoms with Gasteiger partial charge in [-0.25, -0.2) is 0 Å². The number of methoxy groups -OCH3 is 1. The number of carbonyl (C=O) groups excluding carboxylic acids is 1. The number of carbonyl (C=O) groups is 1. The van der Waals surface area contributed by atoms with Crippen molar-refractivity contribution >= 4 is 5.78 Å². The van der Waals surface area contributed by atoms with Gasteiger partial charge in [0.1, 0.15) is 19.3 Å². The Morgan fingerprint density at radius 1 is 1.29 bits per heavy atom. The lowest BCUT2D eigenvalue weighted by Gasteiger charge is -2.24.